The summed E-state index contributed by atoms with van der Waals surface area (Å²) in [5.74, 6) is 0. The van der Waals surface area contributed by atoms with E-state index < -0.39 is 0 Å². The first kappa shape index (κ1) is 16.0. The minimum atomic E-state index is 0.961. The third-order valence-corrected chi connectivity index (χ3v) is 3.84. The molecule has 0 aromatic rings. The molecule has 0 atom stereocenters. The second kappa shape index (κ2) is 10.8. The molecule has 108 valence electrons. The summed E-state index contributed by atoms with van der Waals surface area (Å²) in [5, 5.41) is 3.48. The average Bonchev–Trinajstić information content (AvgIpc) is 3.20. The van der Waals surface area contributed by atoms with E-state index in [2.05, 4.69) is 24.1 Å². The Bertz CT molecular complexity index is 178. The van der Waals surface area contributed by atoms with Crippen molar-refractivity contribution < 1.29 is 0 Å². The van der Waals surface area contributed by atoms with Crippen LogP contribution in [-0.4, -0.2) is 37.1 Å². The molecule has 0 spiro atoms. The van der Waals surface area contributed by atoms with Crippen molar-refractivity contribution in [3.63, 3.8) is 0 Å². The molecule has 1 aliphatic carbocycles. The van der Waals surface area contributed by atoms with Gasteiger partial charge in [0, 0.05) is 6.04 Å². The van der Waals surface area contributed by atoms with Gasteiger partial charge in [-0.2, -0.15) is 0 Å². The van der Waals surface area contributed by atoms with Gasteiger partial charge in [-0.25, -0.2) is 0 Å². The molecule has 0 aromatic carbocycles. The molecule has 0 heterocycles. The lowest BCUT2D eigenvalue weighted by atomic mass is 10.2. The Labute approximate surface area is 115 Å². The normalized spacial score (nSPS) is 15.5. The van der Waals surface area contributed by atoms with Crippen molar-refractivity contribution in [2.75, 3.05) is 26.2 Å². The molecule has 0 bridgehead atoms. The topological polar surface area (TPSA) is 15.3 Å². The molecule has 0 radical (unpaired) electrons. The molecular formula is C16H34N2. The fourth-order valence-electron chi connectivity index (χ4n) is 2.50. The molecule has 0 aliphatic heterocycles. The van der Waals surface area contributed by atoms with Crippen molar-refractivity contribution in [3.05, 3.63) is 0 Å². The fraction of sp³-hybridized carbons (Fsp3) is 1.00. The first-order valence-electron chi connectivity index (χ1n) is 8.33. The van der Waals surface area contributed by atoms with E-state index in [0.29, 0.717) is 0 Å². The van der Waals surface area contributed by atoms with Crippen LogP contribution >= 0.6 is 0 Å². The Balaban J connectivity index is 1.88. The van der Waals surface area contributed by atoms with Crippen LogP contribution in [0.1, 0.15) is 71.6 Å². The molecule has 0 saturated heterocycles. The number of unbranched alkanes of at least 4 members (excludes halogenated alkanes) is 4. The van der Waals surface area contributed by atoms with Crippen molar-refractivity contribution in [2.24, 2.45) is 0 Å². The zero-order valence-electron chi connectivity index (χ0n) is 12.7. The monoisotopic (exact) mass is 254 g/mol. The van der Waals surface area contributed by atoms with Crippen molar-refractivity contribution in [1.82, 2.24) is 10.2 Å². The maximum Gasteiger partial charge on any atom is 0.00964 e. The van der Waals surface area contributed by atoms with Gasteiger partial charge in [-0.05, 0) is 64.7 Å². The highest BCUT2D eigenvalue weighted by Crippen LogP contribution is 2.27. The first-order valence-corrected chi connectivity index (χ1v) is 8.33. The van der Waals surface area contributed by atoms with E-state index in [-0.39, 0.29) is 0 Å². The number of nitrogens with zero attached hydrogens (tertiary/aromatic N) is 1. The molecule has 1 aliphatic rings. The van der Waals surface area contributed by atoms with Gasteiger partial charge in [-0.3, -0.25) is 0 Å². The summed E-state index contributed by atoms with van der Waals surface area (Å²) in [6.45, 7) is 9.64. The molecule has 1 N–H and O–H groups in total. The molecule has 0 amide bonds. The lowest BCUT2D eigenvalue weighted by Crippen LogP contribution is -2.28. The van der Waals surface area contributed by atoms with Gasteiger partial charge in [0.05, 0.1) is 0 Å². The van der Waals surface area contributed by atoms with Crippen LogP contribution in [0, 0.1) is 0 Å². The number of nitrogens with one attached hydrogen (secondary N) is 1. The van der Waals surface area contributed by atoms with Gasteiger partial charge in [0.25, 0.3) is 0 Å². The van der Waals surface area contributed by atoms with Crippen LogP contribution in [0.25, 0.3) is 0 Å². The molecule has 2 nitrogen and oxygen atoms in total. The molecule has 1 rings (SSSR count). The minimum Gasteiger partial charge on any atom is -0.317 e. The highest BCUT2D eigenvalue weighted by atomic mass is 15.2. The molecule has 0 aromatic heterocycles. The summed E-state index contributed by atoms with van der Waals surface area (Å²) < 4.78 is 0. The largest absolute Gasteiger partial charge is 0.317 e. The van der Waals surface area contributed by atoms with Crippen molar-refractivity contribution in [3.8, 4) is 0 Å². The minimum absolute atomic E-state index is 0.961. The molecule has 18 heavy (non-hydrogen) atoms. The Kier molecular flexibility index (Phi) is 9.59. The number of hydrogen-bond donors (Lipinski definition) is 1. The smallest absolute Gasteiger partial charge is 0.00964 e. The summed E-state index contributed by atoms with van der Waals surface area (Å²) in [4.78, 5) is 2.75. The maximum absolute atomic E-state index is 3.48. The summed E-state index contributed by atoms with van der Waals surface area (Å²) in [7, 11) is 0. The van der Waals surface area contributed by atoms with E-state index in [1.165, 1.54) is 84.0 Å². The molecule has 2 heteroatoms. The maximum atomic E-state index is 3.48. The fourth-order valence-corrected chi connectivity index (χ4v) is 2.50. The van der Waals surface area contributed by atoms with E-state index >= 15 is 0 Å². The SMILES string of the molecule is CCCCN(CCCCCCNCCC)C1CC1. The van der Waals surface area contributed by atoms with Gasteiger partial charge < -0.3 is 10.2 Å². The zero-order valence-corrected chi connectivity index (χ0v) is 12.7. The van der Waals surface area contributed by atoms with Crippen LogP contribution in [-0.2, 0) is 0 Å². The van der Waals surface area contributed by atoms with Crippen LogP contribution in [0.3, 0.4) is 0 Å². The van der Waals surface area contributed by atoms with Gasteiger partial charge in [-0.1, -0.05) is 33.1 Å². The molecule has 1 fully saturated rings. The number of hydrogen-bond acceptors (Lipinski definition) is 2. The van der Waals surface area contributed by atoms with E-state index in [4.69, 9.17) is 0 Å². The number of rotatable bonds is 13. The quantitative estimate of drug-likeness (QED) is 0.503. The summed E-state index contributed by atoms with van der Waals surface area (Å²) >= 11 is 0. The van der Waals surface area contributed by atoms with Crippen molar-refractivity contribution >= 4 is 0 Å². The van der Waals surface area contributed by atoms with Crippen LogP contribution in [0.15, 0.2) is 0 Å². The highest BCUT2D eigenvalue weighted by molar-refractivity contribution is 4.84. The van der Waals surface area contributed by atoms with Crippen LogP contribution in [0.5, 0.6) is 0 Å². The van der Waals surface area contributed by atoms with Gasteiger partial charge in [-0.15, -0.1) is 0 Å². The third-order valence-electron chi connectivity index (χ3n) is 3.84. The van der Waals surface area contributed by atoms with Gasteiger partial charge >= 0.3 is 0 Å². The Morgan fingerprint density at radius 3 is 2.22 bits per heavy atom. The molecule has 1 saturated carbocycles. The second-order valence-electron chi connectivity index (χ2n) is 5.78. The Morgan fingerprint density at radius 1 is 0.833 bits per heavy atom. The predicted octanol–water partition coefficient (Wildman–Crippen LogP) is 3.81. The summed E-state index contributed by atoms with van der Waals surface area (Å²) in [6, 6.07) is 0.961. The second-order valence-corrected chi connectivity index (χ2v) is 5.78. The van der Waals surface area contributed by atoms with Gasteiger partial charge in [0.1, 0.15) is 0 Å². The zero-order chi connectivity index (χ0) is 13.1. The van der Waals surface area contributed by atoms with Crippen LogP contribution in [0.4, 0.5) is 0 Å². The molecule has 0 unspecified atom stereocenters. The lowest BCUT2D eigenvalue weighted by Gasteiger charge is -2.21. The van der Waals surface area contributed by atoms with E-state index in [9.17, 15) is 0 Å². The summed E-state index contributed by atoms with van der Waals surface area (Å²) in [6.07, 6.45) is 12.5. The third kappa shape index (κ3) is 8.10. The van der Waals surface area contributed by atoms with Crippen molar-refractivity contribution in [1.29, 1.82) is 0 Å². The lowest BCUT2D eigenvalue weighted by molar-refractivity contribution is 0.253. The predicted molar refractivity (Wildman–Crippen MR) is 81.1 cm³/mol. The average molecular weight is 254 g/mol. The highest BCUT2D eigenvalue weighted by Gasteiger charge is 2.27. The standard InChI is InChI=1S/C16H34N2/c1-3-5-14-18(16-10-11-16)15-9-7-6-8-13-17-12-4-2/h16-17H,3-15H2,1-2H3. The Hall–Kier alpha value is -0.0800. The Morgan fingerprint density at radius 2 is 1.56 bits per heavy atom. The van der Waals surface area contributed by atoms with Crippen LogP contribution in [0.2, 0.25) is 0 Å². The van der Waals surface area contributed by atoms with E-state index in [1.807, 2.05) is 0 Å². The first-order chi connectivity index (χ1) is 8.88. The summed E-state index contributed by atoms with van der Waals surface area (Å²) in [5.41, 5.74) is 0. The van der Waals surface area contributed by atoms with Crippen LogP contribution < -0.4 is 5.32 Å². The van der Waals surface area contributed by atoms with Crippen molar-refractivity contribution in [2.45, 2.75) is 77.7 Å². The molecular weight excluding hydrogens is 220 g/mol. The van der Waals surface area contributed by atoms with E-state index in [0.717, 1.165) is 6.04 Å². The van der Waals surface area contributed by atoms with E-state index in [1.54, 1.807) is 0 Å². The van der Waals surface area contributed by atoms with Gasteiger partial charge in [0.2, 0.25) is 0 Å². The van der Waals surface area contributed by atoms with Gasteiger partial charge in [0.15, 0.2) is 0 Å².